The average Bonchev–Trinajstić information content (AvgIpc) is 3.16. The van der Waals surface area contributed by atoms with Gasteiger partial charge < -0.3 is 14.5 Å². The van der Waals surface area contributed by atoms with E-state index in [1.165, 1.54) is 18.2 Å². The lowest BCUT2D eigenvalue weighted by Gasteiger charge is -2.18. The quantitative estimate of drug-likeness (QED) is 0.818. The van der Waals surface area contributed by atoms with Gasteiger partial charge in [-0.3, -0.25) is 0 Å². The zero-order valence-electron chi connectivity index (χ0n) is 12.8. The van der Waals surface area contributed by atoms with E-state index < -0.39 is 0 Å². The Balaban J connectivity index is 1.70. The van der Waals surface area contributed by atoms with E-state index in [1.54, 1.807) is 0 Å². The number of furan rings is 1. The van der Waals surface area contributed by atoms with E-state index >= 15 is 0 Å². The molecule has 114 valence electrons. The van der Waals surface area contributed by atoms with Gasteiger partial charge in [-0.25, -0.2) is 0 Å². The van der Waals surface area contributed by atoms with Crippen LogP contribution in [0.2, 0.25) is 0 Å². The van der Waals surface area contributed by atoms with E-state index in [2.05, 4.69) is 30.4 Å². The molecule has 2 unspecified atom stereocenters. The molecular formula is C18H25NO2. The van der Waals surface area contributed by atoms with Crippen LogP contribution in [0.25, 0.3) is 11.0 Å². The third-order valence-corrected chi connectivity index (χ3v) is 4.23. The summed E-state index contributed by atoms with van der Waals surface area (Å²) in [5, 5.41) is 4.81. The number of ether oxygens (including phenoxy) is 1. The fraction of sp³-hybridized carbons (Fsp3) is 0.556. The molecule has 0 spiro atoms. The number of rotatable bonds is 7. The molecule has 0 radical (unpaired) electrons. The van der Waals surface area contributed by atoms with Crippen molar-refractivity contribution in [3.05, 3.63) is 36.1 Å². The van der Waals surface area contributed by atoms with Crippen molar-refractivity contribution in [1.82, 2.24) is 5.32 Å². The van der Waals surface area contributed by atoms with Crippen molar-refractivity contribution >= 4 is 11.0 Å². The van der Waals surface area contributed by atoms with Crippen LogP contribution in [0, 0.1) is 0 Å². The highest BCUT2D eigenvalue weighted by molar-refractivity contribution is 5.77. The fourth-order valence-electron chi connectivity index (χ4n) is 3.06. The largest absolute Gasteiger partial charge is 0.459 e. The molecule has 0 amide bonds. The van der Waals surface area contributed by atoms with E-state index in [9.17, 15) is 0 Å². The number of nitrogens with one attached hydrogen (secondary N) is 1. The first kappa shape index (κ1) is 14.6. The van der Waals surface area contributed by atoms with Gasteiger partial charge in [-0.1, -0.05) is 25.1 Å². The van der Waals surface area contributed by atoms with Gasteiger partial charge >= 0.3 is 0 Å². The molecule has 1 fully saturated rings. The molecule has 1 aliphatic heterocycles. The molecule has 2 atom stereocenters. The Hall–Kier alpha value is -1.32. The minimum absolute atomic E-state index is 0.293. The zero-order valence-corrected chi connectivity index (χ0v) is 12.8. The average molecular weight is 287 g/mol. The number of hydrogen-bond donors (Lipinski definition) is 1. The summed E-state index contributed by atoms with van der Waals surface area (Å²) in [7, 11) is 0. The molecule has 21 heavy (non-hydrogen) atoms. The molecule has 3 heteroatoms. The van der Waals surface area contributed by atoms with Crippen molar-refractivity contribution in [2.24, 2.45) is 0 Å². The van der Waals surface area contributed by atoms with E-state index in [0.29, 0.717) is 12.1 Å². The standard InChI is InChI=1S/C18H25NO2/c1-2-11-19-16(10-9-15-7-5-12-20-15)18-13-14-6-3-4-8-17(14)21-18/h3-4,6,8,13,15-16,19H,2,5,7,9-12H2,1H3. The van der Waals surface area contributed by atoms with Crippen LogP contribution in [0.3, 0.4) is 0 Å². The van der Waals surface area contributed by atoms with Crippen LogP contribution in [0.15, 0.2) is 34.7 Å². The molecule has 0 bridgehead atoms. The van der Waals surface area contributed by atoms with Gasteiger partial charge in [0.05, 0.1) is 12.1 Å². The number of hydrogen-bond acceptors (Lipinski definition) is 3. The SMILES string of the molecule is CCCNC(CCC1CCCO1)c1cc2ccccc2o1. The van der Waals surface area contributed by atoms with Crippen LogP contribution in [-0.2, 0) is 4.74 Å². The zero-order chi connectivity index (χ0) is 14.5. The Kier molecular flexibility index (Phi) is 4.94. The van der Waals surface area contributed by atoms with Gasteiger partial charge in [0.1, 0.15) is 11.3 Å². The highest BCUT2D eigenvalue weighted by Crippen LogP contribution is 2.28. The van der Waals surface area contributed by atoms with E-state index in [1.807, 2.05) is 12.1 Å². The molecule has 1 aliphatic rings. The van der Waals surface area contributed by atoms with E-state index in [0.717, 1.165) is 43.8 Å². The summed E-state index contributed by atoms with van der Waals surface area (Å²) >= 11 is 0. The van der Waals surface area contributed by atoms with Gasteiger partial charge in [0.2, 0.25) is 0 Å². The van der Waals surface area contributed by atoms with Gasteiger partial charge in [0, 0.05) is 12.0 Å². The van der Waals surface area contributed by atoms with E-state index in [4.69, 9.17) is 9.15 Å². The van der Waals surface area contributed by atoms with Gasteiger partial charge in [0.15, 0.2) is 0 Å². The number of benzene rings is 1. The van der Waals surface area contributed by atoms with Crippen LogP contribution in [-0.4, -0.2) is 19.3 Å². The second-order valence-corrected chi connectivity index (χ2v) is 5.91. The summed E-state index contributed by atoms with van der Waals surface area (Å²) < 4.78 is 11.8. The highest BCUT2D eigenvalue weighted by Gasteiger charge is 2.20. The van der Waals surface area contributed by atoms with Crippen molar-refractivity contribution in [3.63, 3.8) is 0 Å². The van der Waals surface area contributed by atoms with Gasteiger partial charge in [-0.2, -0.15) is 0 Å². The van der Waals surface area contributed by atoms with Crippen LogP contribution in [0.1, 0.15) is 50.8 Å². The number of fused-ring (bicyclic) bond motifs is 1. The maximum Gasteiger partial charge on any atom is 0.134 e. The topological polar surface area (TPSA) is 34.4 Å². The molecule has 0 aliphatic carbocycles. The molecule has 2 heterocycles. The molecule has 1 N–H and O–H groups in total. The maximum absolute atomic E-state index is 6.04. The summed E-state index contributed by atoms with van der Waals surface area (Å²) in [4.78, 5) is 0. The lowest BCUT2D eigenvalue weighted by Crippen LogP contribution is -2.23. The lowest BCUT2D eigenvalue weighted by molar-refractivity contribution is 0.0989. The Morgan fingerprint density at radius 1 is 1.33 bits per heavy atom. The predicted molar refractivity (Wildman–Crippen MR) is 85.5 cm³/mol. The van der Waals surface area contributed by atoms with Gasteiger partial charge in [0.25, 0.3) is 0 Å². The minimum atomic E-state index is 0.293. The van der Waals surface area contributed by atoms with E-state index in [-0.39, 0.29) is 0 Å². The maximum atomic E-state index is 6.04. The smallest absolute Gasteiger partial charge is 0.134 e. The molecule has 1 aromatic carbocycles. The Morgan fingerprint density at radius 3 is 3.00 bits per heavy atom. The summed E-state index contributed by atoms with van der Waals surface area (Å²) in [6.07, 6.45) is 6.18. The highest BCUT2D eigenvalue weighted by atomic mass is 16.5. The first-order valence-electron chi connectivity index (χ1n) is 8.20. The molecule has 1 saturated heterocycles. The van der Waals surface area contributed by atoms with Gasteiger partial charge in [-0.05, 0) is 50.8 Å². The molecule has 1 aromatic heterocycles. The lowest BCUT2D eigenvalue weighted by atomic mass is 10.0. The van der Waals surface area contributed by atoms with Crippen molar-refractivity contribution in [3.8, 4) is 0 Å². The van der Waals surface area contributed by atoms with Crippen molar-refractivity contribution in [2.45, 2.75) is 51.2 Å². The first-order chi connectivity index (χ1) is 10.4. The molecule has 3 rings (SSSR count). The summed E-state index contributed by atoms with van der Waals surface area (Å²) in [5.41, 5.74) is 0.980. The third kappa shape index (κ3) is 3.66. The molecular weight excluding hydrogens is 262 g/mol. The fourth-order valence-corrected chi connectivity index (χ4v) is 3.06. The Bertz CT molecular complexity index is 524. The Morgan fingerprint density at radius 2 is 2.24 bits per heavy atom. The monoisotopic (exact) mass is 287 g/mol. The Labute approximate surface area is 126 Å². The second-order valence-electron chi connectivity index (χ2n) is 5.91. The normalized spacial score (nSPS) is 20.1. The van der Waals surface area contributed by atoms with Crippen LogP contribution in [0.4, 0.5) is 0 Å². The van der Waals surface area contributed by atoms with Crippen LogP contribution in [0.5, 0.6) is 0 Å². The minimum Gasteiger partial charge on any atom is -0.459 e. The van der Waals surface area contributed by atoms with Crippen LogP contribution >= 0.6 is 0 Å². The third-order valence-electron chi connectivity index (χ3n) is 4.23. The van der Waals surface area contributed by atoms with Crippen LogP contribution < -0.4 is 5.32 Å². The van der Waals surface area contributed by atoms with Crippen molar-refractivity contribution < 1.29 is 9.15 Å². The molecule has 2 aromatic rings. The second kappa shape index (κ2) is 7.10. The number of para-hydroxylation sites is 1. The van der Waals surface area contributed by atoms with Crippen molar-refractivity contribution in [2.75, 3.05) is 13.2 Å². The first-order valence-corrected chi connectivity index (χ1v) is 8.20. The van der Waals surface area contributed by atoms with Gasteiger partial charge in [-0.15, -0.1) is 0 Å². The summed E-state index contributed by atoms with van der Waals surface area (Å²) in [6, 6.07) is 10.7. The van der Waals surface area contributed by atoms with Crippen molar-refractivity contribution in [1.29, 1.82) is 0 Å². The predicted octanol–water partition coefficient (Wildman–Crippen LogP) is 4.43. The molecule has 3 nitrogen and oxygen atoms in total. The summed E-state index contributed by atoms with van der Waals surface area (Å²) in [6.45, 7) is 4.15. The molecule has 0 saturated carbocycles. The summed E-state index contributed by atoms with van der Waals surface area (Å²) in [5.74, 6) is 1.06.